The van der Waals surface area contributed by atoms with Crippen molar-refractivity contribution in [2.75, 3.05) is 0 Å². The standard InChI is InChI=1S/C15H13N3O2S/c19-18(20)12-5-3-4-11(8-12)9-16-10-15-17-13-6-1-2-7-14(13)21-15/h1-8,16H,9-10H2. The van der Waals surface area contributed by atoms with Crippen LogP contribution >= 0.6 is 11.3 Å². The summed E-state index contributed by atoms with van der Waals surface area (Å²) in [5, 5.41) is 15.0. The molecule has 1 heterocycles. The first-order chi connectivity index (χ1) is 10.2. The molecule has 0 unspecified atom stereocenters. The SMILES string of the molecule is O=[N+]([O-])c1cccc(CNCc2nc3ccccc3s2)c1. The molecule has 0 saturated carbocycles. The first-order valence-corrected chi connectivity index (χ1v) is 7.32. The lowest BCUT2D eigenvalue weighted by Gasteiger charge is -2.02. The van der Waals surface area contributed by atoms with Gasteiger partial charge in [0.2, 0.25) is 0 Å². The predicted octanol–water partition coefficient (Wildman–Crippen LogP) is 3.49. The molecule has 5 nitrogen and oxygen atoms in total. The van der Waals surface area contributed by atoms with Crippen molar-refractivity contribution in [2.45, 2.75) is 13.1 Å². The fourth-order valence-electron chi connectivity index (χ4n) is 2.09. The van der Waals surface area contributed by atoms with E-state index in [4.69, 9.17) is 0 Å². The van der Waals surface area contributed by atoms with E-state index >= 15 is 0 Å². The van der Waals surface area contributed by atoms with Crippen LogP contribution in [0, 0.1) is 10.1 Å². The molecule has 0 spiro atoms. The highest BCUT2D eigenvalue weighted by Crippen LogP contribution is 2.21. The maximum Gasteiger partial charge on any atom is 0.269 e. The molecule has 106 valence electrons. The summed E-state index contributed by atoms with van der Waals surface area (Å²) < 4.78 is 1.17. The molecule has 6 heteroatoms. The maximum absolute atomic E-state index is 10.7. The van der Waals surface area contributed by atoms with E-state index in [0.717, 1.165) is 16.1 Å². The Morgan fingerprint density at radius 2 is 2.00 bits per heavy atom. The second-order valence-electron chi connectivity index (χ2n) is 4.61. The number of non-ortho nitro benzene ring substituents is 1. The zero-order chi connectivity index (χ0) is 14.7. The summed E-state index contributed by atoms with van der Waals surface area (Å²) in [5.74, 6) is 0. The number of benzene rings is 2. The molecule has 0 radical (unpaired) electrons. The molecule has 0 fully saturated rings. The highest BCUT2D eigenvalue weighted by atomic mass is 32.1. The Morgan fingerprint density at radius 1 is 1.14 bits per heavy atom. The Kier molecular flexibility index (Phi) is 3.89. The minimum atomic E-state index is -0.378. The van der Waals surface area contributed by atoms with Crippen molar-refractivity contribution >= 4 is 27.2 Å². The average Bonchev–Trinajstić information content (AvgIpc) is 2.90. The monoisotopic (exact) mass is 299 g/mol. The van der Waals surface area contributed by atoms with Crippen molar-refractivity contribution in [1.29, 1.82) is 0 Å². The van der Waals surface area contributed by atoms with Gasteiger partial charge in [0.25, 0.3) is 5.69 Å². The van der Waals surface area contributed by atoms with E-state index in [1.807, 2.05) is 24.3 Å². The maximum atomic E-state index is 10.7. The third-order valence-corrected chi connectivity index (χ3v) is 4.10. The van der Waals surface area contributed by atoms with Crippen LogP contribution in [0.3, 0.4) is 0 Å². The molecule has 1 aromatic heterocycles. The fraction of sp³-hybridized carbons (Fsp3) is 0.133. The van der Waals surface area contributed by atoms with Gasteiger partial charge in [0.15, 0.2) is 0 Å². The fourth-order valence-corrected chi connectivity index (χ4v) is 3.03. The Labute approximate surface area is 125 Å². The first-order valence-electron chi connectivity index (χ1n) is 6.51. The summed E-state index contributed by atoms with van der Waals surface area (Å²) in [5.41, 5.74) is 2.02. The molecular formula is C15H13N3O2S. The highest BCUT2D eigenvalue weighted by Gasteiger charge is 2.06. The van der Waals surface area contributed by atoms with E-state index < -0.39 is 0 Å². The Bertz CT molecular complexity index is 752. The molecule has 1 N–H and O–H groups in total. The smallest absolute Gasteiger partial charge is 0.269 e. The van der Waals surface area contributed by atoms with Gasteiger partial charge in [-0.25, -0.2) is 4.98 Å². The van der Waals surface area contributed by atoms with E-state index in [1.54, 1.807) is 23.5 Å². The number of nitrogens with one attached hydrogen (secondary N) is 1. The van der Waals surface area contributed by atoms with E-state index in [-0.39, 0.29) is 10.6 Å². The predicted molar refractivity (Wildman–Crippen MR) is 83.3 cm³/mol. The van der Waals surface area contributed by atoms with Gasteiger partial charge < -0.3 is 5.32 Å². The van der Waals surface area contributed by atoms with Crippen molar-refractivity contribution in [3.63, 3.8) is 0 Å². The van der Waals surface area contributed by atoms with Crippen molar-refractivity contribution in [3.8, 4) is 0 Å². The molecule has 21 heavy (non-hydrogen) atoms. The number of nitrogens with zero attached hydrogens (tertiary/aromatic N) is 2. The van der Waals surface area contributed by atoms with Crippen LogP contribution in [0.2, 0.25) is 0 Å². The lowest BCUT2D eigenvalue weighted by Crippen LogP contribution is -2.12. The van der Waals surface area contributed by atoms with Gasteiger partial charge in [-0.05, 0) is 17.7 Å². The number of para-hydroxylation sites is 1. The molecule has 0 aliphatic carbocycles. The molecule has 3 aromatic rings. The normalized spacial score (nSPS) is 10.9. The van der Waals surface area contributed by atoms with Crippen molar-refractivity contribution < 1.29 is 4.92 Å². The molecule has 2 aromatic carbocycles. The van der Waals surface area contributed by atoms with Crippen LogP contribution in [0.4, 0.5) is 5.69 Å². The molecular weight excluding hydrogens is 286 g/mol. The number of nitro benzene ring substituents is 1. The van der Waals surface area contributed by atoms with E-state index in [2.05, 4.69) is 16.4 Å². The number of fused-ring (bicyclic) bond motifs is 1. The molecule has 0 amide bonds. The van der Waals surface area contributed by atoms with Gasteiger partial charge in [-0.1, -0.05) is 24.3 Å². The molecule has 0 bridgehead atoms. The molecule has 0 aliphatic heterocycles. The minimum Gasteiger partial charge on any atom is -0.306 e. The second kappa shape index (κ2) is 5.99. The van der Waals surface area contributed by atoms with Crippen molar-refractivity contribution in [1.82, 2.24) is 10.3 Å². The minimum absolute atomic E-state index is 0.120. The summed E-state index contributed by atoms with van der Waals surface area (Å²) in [6, 6.07) is 14.7. The molecule has 0 atom stereocenters. The second-order valence-corrected chi connectivity index (χ2v) is 5.72. The van der Waals surface area contributed by atoms with Gasteiger partial charge in [-0.2, -0.15) is 0 Å². The van der Waals surface area contributed by atoms with Gasteiger partial charge >= 0.3 is 0 Å². The number of aromatic nitrogens is 1. The Morgan fingerprint density at radius 3 is 2.81 bits per heavy atom. The molecule has 0 saturated heterocycles. The van der Waals surface area contributed by atoms with E-state index in [1.165, 1.54) is 10.8 Å². The third-order valence-electron chi connectivity index (χ3n) is 3.06. The lowest BCUT2D eigenvalue weighted by atomic mass is 10.2. The topological polar surface area (TPSA) is 68.1 Å². The van der Waals surface area contributed by atoms with Crippen molar-refractivity contribution in [3.05, 3.63) is 69.2 Å². The zero-order valence-electron chi connectivity index (χ0n) is 11.2. The van der Waals surface area contributed by atoms with Gasteiger partial charge in [-0.3, -0.25) is 10.1 Å². The first kappa shape index (κ1) is 13.7. The summed E-state index contributed by atoms with van der Waals surface area (Å²) in [6.45, 7) is 1.24. The van der Waals surface area contributed by atoms with Crippen LogP contribution < -0.4 is 5.32 Å². The van der Waals surface area contributed by atoms with Crippen LogP contribution in [-0.4, -0.2) is 9.91 Å². The number of hydrogen-bond donors (Lipinski definition) is 1. The highest BCUT2D eigenvalue weighted by molar-refractivity contribution is 7.18. The number of thiazole rings is 1. The van der Waals surface area contributed by atoms with Crippen LogP contribution in [0.25, 0.3) is 10.2 Å². The van der Waals surface area contributed by atoms with Crippen LogP contribution in [0.1, 0.15) is 10.6 Å². The van der Waals surface area contributed by atoms with Gasteiger partial charge in [0.1, 0.15) is 5.01 Å². The summed E-state index contributed by atoms with van der Waals surface area (Å²) in [6.07, 6.45) is 0. The molecule has 0 aliphatic rings. The summed E-state index contributed by atoms with van der Waals surface area (Å²) in [7, 11) is 0. The Balaban J connectivity index is 1.63. The largest absolute Gasteiger partial charge is 0.306 e. The quantitative estimate of drug-likeness (QED) is 0.578. The zero-order valence-corrected chi connectivity index (χ0v) is 12.0. The van der Waals surface area contributed by atoms with Gasteiger partial charge in [0, 0.05) is 25.2 Å². The summed E-state index contributed by atoms with van der Waals surface area (Å²) >= 11 is 1.66. The van der Waals surface area contributed by atoms with E-state index in [0.29, 0.717) is 13.1 Å². The lowest BCUT2D eigenvalue weighted by molar-refractivity contribution is -0.384. The average molecular weight is 299 g/mol. The van der Waals surface area contributed by atoms with E-state index in [9.17, 15) is 10.1 Å². The third kappa shape index (κ3) is 3.24. The number of hydrogen-bond acceptors (Lipinski definition) is 5. The van der Waals surface area contributed by atoms with Crippen LogP contribution in [-0.2, 0) is 13.1 Å². The Hall–Kier alpha value is -2.31. The number of nitro groups is 1. The molecule has 3 rings (SSSR count). The van der Waals surface area contributed by atoms with Crippen LogP contribution in [0.15, 0.2) is 48.5 Å². The van der Waals surface area contributed by atoms with Crippen LogP contribution in [0.5, 0.6) is 0 Å². The summed E-state index contributed by atoms with van der Waals surface area (Å²) in [4.78, 5) is 14.9. The van der Waals surface area contributed by atoms with Crippen molar-refractivity contribution in [2.24, 2.45) is 0 Å². The van der Waals surface area contributed by atoms with Gasteiger partial charge in [0.05, 0.1) is 15.1 Å². The number of rotatable bonds is 5. The van der Waals surface area contributed by atoms with Gasteiger partial charge in [-0.15, -0.1) is 11.3 Å².